The fourth-order valence-corrected chi connectivity index (χ4v) is 2.78. The summed E-state index contributed by atoms with van der Waals surface area (Å²) in [5.41, 5.74) is 1.64. The highest BCUT2D eigenvalue weighted by atomic mass is 32.2. The van der Waals surface area contributed by atoms with Crippen LogP contribution < -0.4 is 5.32 Å². The lowest BCUT2D eigenvalue weighted by atomic mass is 10.1. The van der Waals surface area contributed by atoms with E-state index in [2.05, 4.69) is 10.3 Å². The summed E-state index contributed by atoms with van der Waals surface area (Å²) in [7, 11) is 0. The molecule has 128 valence electrons. The molecule has 24 heavy (non-hydrogen) atoms. The molecule has 1 aromatic carbocycles. The van der Waals surface area contributed by atoms with E-state index in [1.807, 2.05) is 30.3 Å². The molecule has 1 amide bonds. The van der Waals surface area contributed by atoms with Gasteiger partial charge in [0.05, 0.1) is 11.4 Å². The summed E-state index contributed by atoms with van der Waals surface area (Å²) in [6.07, 6.45) is 1.57. The molecular formula is C17H20N2O4S. The van der Waals surface area contributed by atoms with Crippen molar-refractivity contribution >= 4 is 23.6 Å². The van der Waals surface area contributed by atoms with E-state index < -0.39 is 12.0 Å². The van der Waals surface area contributed by atoms with Gasteiger partial charge in [0.1, 0.15) is 12.3 Å². The Balaban J connectivity index is 1.81. The van der Waals surface area contributed by atoms with E-state index in [1.165, 1.54) is 11.8 Å². The third-order valence-electron chi connectivity index (χ3n) is 3.30. The molecule has 0 unspecified atom stereocenters. The predicted molar refractivity (Wildman–Crippen MR) is 92.5 cm³/mol. The van der Waals surface area contributed by atoms with Crippen LogP contribution in [0.2, 0.25) is 0 Å². The zero-order valence-corrected chi connectivity index (χ0v) is 14.4. The number of hydrogen-bond acceptors (Lipinski definition) is 5. The number of aromatic nitrogens is 1. The Labute approximate surface area is 144 Å². The molecule has 1 aromatic heterocycles. The van der Waals surface area contributed by atoms with Gasteiger partial charge < -0.3 is 14.8 Å². The molecule has 7 heteroatoms. The molecule has 0 saturated heterocycles. The van der Waals surface area contributed by atoms with E-state index >= 15 is 0 Å². The number of nitrogens with zero attached hydrogens (tertiary/aromatic N) is 1. The van der Waals surface area contributed by atoms with Gasteiger partial charge in [0.25, 0.3) is 0 Å². The van der Waals surface area contributed by atoms with Crippen molar-refractivity contribution in [1.82, 2.24) is 10.3 Å². The van der Waals surface area contributed by atoms with Gasteiger partial charge in [-0.2, -0.15) is 0 Å². The zero-order chi connectivity index (χ0) is 17.5. The van der Waals surface area contributed by atoms with Gasteiger partial charge in [-0.3, -0.25) is 4.79 Å². The average molecular weight is 348 g/mol. The molecule has 0 aliphatic heterocycles. The SMILES string of the molecule is CC(C)[C@@H](NC(=O)CSCc1coc(-c2ccccc2)n1)C(=O)O. The van der Waals surface area contributed by atoms with Gasteiger partial charge in [0.2, 0.25) is 11.8 Å². The van der Waals surface area contributed by atoms with Crippen molar-refractivity contribution < 1.29 is 19.1 Å². The number of carbonyl (C=O) groups excluding carboxylic acids is 1. The number of thioether (sulfide) groups is 1. The van der Waals surface area contributed by atoms with Crippen LogP contribution in [0.1, 0.15) is 19.5 Å². The molecule has 1 heterocycles. The Bertz CT molecular complexity index is 685. The quantitative estimate of drug-likeness (QED) is 0.762. The number of benzene rings is 1. The van der Waals surface area contributed by atoms with Crippen molar-refractivity contribution in [2.45, 2.75) is 25.6 Å². The first-order valence-corrected chi connectivity index (χ1v) is 8.72. The van der Waals surface area contributed by atoms with Gasteiger partial charge in [-0.1, -0.05) is 32.0 Å². The molecule has 0 saturated carbocycles. The Hall–Kier alpha value is -2.28. The summed E-state index contributed by atoms with van der Waals surface area (Å²) >= 11 is 1.36. The molecular weight excluding hydrogens is 328 g/mol. The van der Waals surface area contributed by atoms with Crippen LogP contribution in [0, 0.1) is 5.92 Å². The Kier molecular flexibility index (Phi) is 6.43. The van der Waals surface area contributed by atoms with Crippen molar-refractivity contribution in [2.75, 3.05) is 5.75 Å². The monoisotopic (exact) mass is 348 g/mol. The van der Waals surface area contributed by atoms with Crippen LogP contribution in [-0.2, 0) is 15.3 Å². The van der Waals surface area contributed by atoms with Crippen molar-refractivity contribution in [1.29, 1.82) is 0 Å². The maximum Gasteiger partial charge on any atom is 0.326 e. The van der Waals surface area contributed by atoms with Crippen LogP contribution in [0.15, 0.2) is 41.0 Å². The predicted octanol–water partition coefficient (Wildman–Crippen LogP) is 2.80. The lowest BCUT2D eigenvalue weighted by Crippen LogP contribution is -2.45. The average Bonchev–Trinajstić information content (AvgIpc) is 3.02. The van der Waals surface area contributed by atoms with Crippen molar-refractivity contribution in [3.05, 3.63) is 42.3 Å². The molecule has 0 spiro atoms. The highest BCUT2D eigenvalue weighted by molar-refractivity contribution is 7.99. The highest BCUT2D eigenvalue weighted by Gasteiger charge is 2.23. The molecule has 0 radical (unpaired) electrons. The van der Waals surface area contributed by atoms with Crippen LogP contribution in [0.4, 0.5) is 0 Å². The number of amides is 1. The van der Waals surface area contributed by atoms with E-state index in [4.69, 9.17) is 9.52 Å². The number of hydrogen-bond donors (Lipinski definition) is 2. The first kappa shape index (κ1) is 18.1. The number of oxazole rings is 1. The maximum atomic E-state index is 11.8. The number of nitrogens with one attached hydrogen (secondary N) is 1. The van der Waals surface area contributed by atoms with Gasteiger partial charge in [-0.25, -0.2) is 9.78 Å². The first-order valence-electron chi connectivity index (χ1n) is 7.57. The normalized spacial score (nSPS) is 12.1. The second kappa shape index (κ2) is 8.54. The van der Waals surface area contributed by atoms with Crippen LogP contribution in [0.25, 0.3) is 11.5 Å². The molecule has 6 nitrogen and oxygen atoms in total. The summed E-state index contributed by atoms with van der Waals surface area (Å²) in [5, 5.41) is 11.6. The third kappa shape index (κ3) is 5.13. The first-order chi connectivity index (χ1) is 11.5. The van der Waals surface area contributed by atoms with E-state index in [0.717, 1.165) is 11.3 Å². The van der Waals surface area contributed by atoms with Crippen LogP contribution in [0.3, 0.4) is 0 Å². The Morgan fingerprint density at radius 1 is 1.29 bits per heavy atom. The second-order valence-electron chi connectivity index (χ2n) is 5.63. The summed E-state index contributed by atoms with van der Waals surface area (Å²) < 4.78 is 5.43. The molecule has 0 fully saturated rings. The van der Waals surface area contributed by atoms with Gasteiger partial charge in [-0.15, -0.1) is 11.8 Å². The van der Waals surface area contributed by atoms with E-state index in [9.17, 15) is 9.59 Å². The molecule has 2 rings (SSSR count). The summed E-state index contributed by atoms with van der Waals surface area (Å²) in [6, 6.07) is 8.69. The number of rotatable bonds is 8. The molecule has 0 bridgehead atoms. The minimum atomic E-state index is -1.02. The van der Waals surface area contributed by atoms with Gasteiger partial charge in [0.15, 0.2) is 0 Å². The van der Waals surface area contributed by atoms with Crippen molar-refractivity contribution in [2.24, 2.45) is 5.92 Å². The maximum absolute atomic E-state index is 11.8. The van der Waals surface area contributed by atoms with Crippen LogP contribution in [0.5, 0.6) is 0 Å². The van der Waals surface area contributed by atoms with E-state index in [-0.39, 0.29) is 17.6 Å². The topological polar surface area (TPSA) is 92.4 Å². The minimum absolute atomic E-state index is 0.166. The highest BCUT2D eigenvalue weighted by Crippen LogP contribution is 2.20. The zero-order valence-electron chi connectivity index (χ0n) is 13.6. The number of carboxylic acid groups (broad SMARTS) is 1. The van der Waals surface area contributed by atoms with E-state index in [0.29, 0.717) is 11.6 Å². The fraction of sp³-hybridized carbons (Fsp3) is 0.353. The molecule has 0 aliphatic rings. The molecule has 0 aliphatic carbocycles. The lowest BCUT2D eigenvalue weighted by Gasteiger charge is -2.17. The van der Waals surface area contributed by atoms with E-state index in [1.54, 1.807) is 20.1 Å². The summed E-state index contributed by atoms with van der Waals surface area (Å²) in [6.45, 7) is 3.51. The number of aliphatic carboxylic acids is 1. The Morgan fingerprint density at radius 3 is 2.62 bits per heavy atom. The largest absolute Gasteiger partial charge is 0.480 e. The third-order valence-corrected chi connectivity index (χ3v) is 4.27. The fourth-order valence-electron chi connectivity index (χ4n) is 2.06. The Morgan fingerprint density at radius 2 is 2.00 bits per heavy atom. The van der Waals surface area contributed by atoms with Crippen molar-refractivity contribution in [3.63, 3.8) is 0 Å². The van der Waals surface area contributed by atoms with Crippen molar-refractivity contribution in [3.8, 4) is 11.5 Å². The number of carboxylic acids is 1. The van der Waals surface area contributed by atoms with Crippen LogP contribution in [-0.4, -0.2) is 33.8 Å². The lowest BCUT2D eigenvalue weighted by molar-refractivity contribution is -0.142. The number of carbonyl (C=O) groups is 2. The smallest absolute Gasteiger partial charge is 0.326 e. The molecule has 2 N–H and O–H groups in total. The minimum Gasteiger partial charge on any atom is -0.480 e. The summed E-state index contributed by atoms with van der Waals surface area (Å²) in [4.78, 5) is 27.3. The van der Waals surface area contributed by atoms with Gasteiger partial charge in [0, 0.05) is 11.3 Å². The molecule has 1 atom stereocenters. The van der Waals surface area contributed by atoms with Crippen LogP contribution >= 0.6 is 11.8 Å². The summed E-state index contributed by atoms with van der Waals surface area (Å²) in [5.74, 6) is -0.255. The van der Waals surface area contributed by atoms with Gasteiger partial charge >= 0.3 is 5.97 Å². The molecule has 2 aromatic rings. The van der Waals surface area contributed by atoms with Gasteiger partial charge in [-0.05, 0) is 18.1 Å². The standard InChI is InChI=1S/C17H20N2O4S/c1-11(2)15(17(21)22)19-14(20)10-24-9-13-8-23-16(18-13)12-6-4-3-5-7-12/h3-8,11,15H,9-10H2,1-2H3,(H,19,20)(H,21,22)/t15-/m1/s1. The second-order valence-corrected chi connectivity index (χ2v) is 6.62.